The summed E-state index contributed by atoms with van der Waals surface area (Å²) in [6, 6.07) is 0. The van der Waals surface area contributed by atoms with Crippen molar-refractivity contribution < 1.29 is 0 Å². The SMILES string of the molecule is CN1CC(C2CC[C@@]23CCNC3)C1. The van der Waals surface area contributed by atoms with E-state index in [9.17, 15) is 0 Å². The van der Waals surface area contributed by atoms with Crippen LogP contribution in [0.3, 0.4) is 0 Å². The summed E-state index contributed by atoms with van der Waals surface area (Å²) in [5, 5.41) is 3.55. The smallest absolute Gasteiger partial charge is 0.00218 e. The van der Waals surface area contributed by atoms with Crippen LogP contribution in [0.25, 0.3) is 0 Å². The molecule has 0 bridgehead atoms. The van der Waals surface area contributed by atoms with E-state index in [0.29, 0.717) is 0 Å². The third-order valence-corrected chi connectivity index (χ3v) is 4.68. The summed E-state index contributed by atoms with van der Waals surface area (Å²) in [5.41, 5.74) is 0.756. The highest BCUT2D eigenvalue weighted by atomic mass is 15.2. The Kier molecular flexibility index (Phi) is 1.72. The van der Waals surface area contributed by atoms with Crippen LogP contribution in [0.1, 0.15) is 19.3 Å². The van der Waals surface area contributed by atoms with E-state index in [1.807, 2.05) is 0 Å². The first-order valence-electron chi connectivity index (χ1n) is 5.69. The Labute approximate surface area is 80.7 Å². The number of nitrogens with one attached hydrogen (secondary N) is 1. The molecule has 13 heavy (non-hydrogen) atoms. The largest absolute Gasteiger partial charge is 0.316 e. The summed E-state index contributed by atoms with van der Waals surface area (Å²) >= 11 is 0. The highest BCUT2D eigenvalue weighted by Gasteiger charge is 2.52. The molecule has 1 aliphatic carbocycles. The van der Waals surface area contributed by atoms with Crippen molar-refractivity contribution in [1.82, 2.24) is 10.2 Å². The predicted octanol–water partition coefficient (Wildman–Crippen LogP) is 0.938. The molecule has 1 spiro atoms. The van der Waals surface area contributed by atoms with E-state index in [1.165, 1.54) is 45.4 Å². The molecule has 1 unspecified atom stereocenters. The maximum absolute atomic E-state index is 3.55. The van der Waals surface area contributed by atoms with Crippen molar-refractivity contribution in [3.63, 3.8) is 0 Å². The minimum atomic E-state index is 0.756. The van der Waals surface area contributed by atoms with Crippen molar-refractivity contribution in [2.75, 3.05) is 33.2 Å². The van der Waals surface area contributed by atoms with Gasteiger partial charge in [0.2, 0.25) is 0 Å². The lowest BCUT2D eigenvalue weighted by Crippen LogP contribution is -2.56. The van der Waals surface area contributed by atoms with Gasteiger partial charge < -0.3 is 10.2 Å². The van der Waals surface area contributed by atoms with Crippen molar-refractivity contribution >= 4 is 0 Å². The Morgan fingerprint density at radius 2 is 2.15 bits per heavy atom. The van der Waals surface area contributed by atoms with Crippen LogP contribution in [0.5, 0.6) is 0 Å². The van der Waals surface area contributed by atoms with E-state index in [4.69, 9.17) is 0 Å². The second-order valence-electron chi connectivity index (χ2n) is 5.42. The molecule has 3 rings (SSSR count). The molecular weight excluding hydrogens is 160 g/mol. The minimum absolute atomic E-state index is 0.756. The van der Waals surface area contributed by atoms with E-state index in [1.54, 1.807) is 0 Å². The molecule has 2 heterocycles. The number of nitrogens with zero attached hydrogens (tertiary/aromatic N) is 1. The van der Waals surface area contributed by atoms with Crippen molar-refractivity contribution in [2.45, 2.75) is 19.3 Å². The lowest BCUT2D eigenvalue weighted by molar-refractivity contribution is -0.0545. The summed E-state index contributed by atoms with van der Waals surface area (Å²) in [4.78, 5) is 2.46. The maximum atomic E-state index is 3.55. The van der Waals surface area contributed by atoms with E-state index in [2.05, 4.69) is 17.3 Å². The molecule has 2 heteroatoms. The van der Waals surface area contributed by atoms with E-state index >= 15 is 0 Å². The van der Waals surface area contributed by atoms with Gasteiger partial charge in [0.15, 0.2) is 0 Å². The number of hydrogen-bond acceptors (Lipinski definition) is 2. The van der Waals surface area contributed by atoms with Gasteiger partial charge in [-0.2, -0.15) is 0 Å². The lowest BCUT2D eigenvalue weighted by atomic mass is 9.54. The van der Waals surface area contributed by atoms with Crippen LogP contribution in [0.4, 0.5) is 0 Å². The average Bonchev–Trinajstić information content (AvgIpc) is 2.49. The molecule has 2 atom stereocenters. The van der Waals surface area contributed by atoms with Crippen molar-refractivity contribution in [3.05, 3.63) is 0 Å². The Morgan fingerprint density at radius 1 is 1.31 bits per heavy atom. The summed E-state index contributed by atoms with van der Waals surface area (Å²) < 4.78 is 0. The van der Waals surface area contributed by atoms with E-state index < -0.39 is 0 Å². The quantitative estimate of drug-likeness (QED) is 0.646. The molecule has 0 aromatic carbocycles. The fourth-order valence-electron chi connectivity index (χ4n) is 3.75. The van der Waals surface area contributed by atoms with Gasteiger partial charge in [-0.15, -0.1) is 0 Å². The Hall–Kier alpha value is -0.0800. The van der Waals surface area contributed by atoms with Gasteiger partial charge >= 0.3 is 0 Å². The molecule has 0 aromatic heterocycles. The van der Waals surface area contributed by atoms with Crippen LogP contribution in [0.15, 0.2) is 0 Å². The summed E-state index contributed by atoms with van der Waals surface area (Å²) in [6.45, 7) is 5.33. The maximum Gasteiger partial charge on any atom is 0.00218 e. The number of rotatable bonds is 1. The van der Waals surface area contributed by atoms with Crippen LogP contribution in [0, 0.1) is 17.3 Å². The molecule has 0 aromatic rings. The normalized spacial score (nSPS) is 46.4. The monoisotopic (exact) mass is 180 g/mol. The van der Waals surface area contributed by atoms with Gasteiger partial charge in [0, 0.05) is 19.6 Å². The van der Waals surface area contributed by atoms with Crippen molar-refractivity contribution in [3.8, 4) is 0 Å². The van der Waals surface area contributed by atoms with Gasteiger partial charge in [0.25, 0.3) is 0 Å². The van der Waals surface area contributed by atoms with Crippen molar-refractivity contribution in [2.24, 2.45) is 17.3 Å². The first-order chi connectivity index (χ1) is 6.30. The number of likely N-dealkylation sites (tertiary alicyclic amines) is 1. The lowest BCUT2D eigenvalue weighted by Gasteiger charge is -2.55. The third-order valence-electron chi connectivity index (χ3n) is 4.68. The molecule has 2 nitrogen and oxygen atoms in total. The van der Waals surface area contributed by atoms with Crippen LogP contribution in [0.2, 0.25) is 0 Å². The molecule has 74 valence electrons. The zero-order chi connectivity index (χ0) is 8.89. The van der Waals surface area contributed by atoms with Crippen LogP contribution in [-0.4, -0.2) is 38.1 Å². The Bertz CT molecular complexity index is 202. The fourth-order valence-corrected chi connectivity index (χ4v) is 3.75. The zero-order valence-corrected chi connectivity index (χ0v) is 8.55. The first kappa shape index (κ1) is 8.25. The van der Waals surface area contributed by atoms with Gasteiger partial charge in [0.1, 0.15) is 0 Å². The van der Waals surface area contributed by atoms with Gasteiger partial charge in [-0.25, -0.2) is 0 Å². The standard InChI is InChI=1S/C11H20N2/c1-13-6-9(7-13)10-2-3-11(10)4-5-12-8-11/h9-10,12H,2-8H2,1H3/t10?,11-/m0/s1. The van der Waals surface area contributed by atoms with Gasteiger partial charge in [-0.1, -0.05) is 0 Å². The molecule has 0 amide bonds. The van der Waals surface area contributed by atoms with Crippen LogP contribution < -0.4 is 5.32 Å². The van der Waals surface area contributed by atoms with Gasteiger partial charge in [-0.05, 0) is 50.1 Å². The summed E-state index contributed by atoms with van der Waals surface area (Å²) in [7, 11) is 2.24. The highest BCUT2D eigenvalue weighted by Crippen LogP contribution is 2.55. The average molecular weight is 180 g/mol. The molecule has 2 saturated heterocycles. The first-order valence-corrected chi connectivity index (χ1v) is 5.69. The topological polar surface area (TPSA) is 15.3 Å². The molecule has 3 fully saturated rings. The summed E-state index contributed by atoms with van der Waals surface area (Å²) in [5.74, 6) is 2.11. The van der Waals surface area contributed by atoms with E-state index in [0.717, 1.165) is 17.3 Å². The second-order valence-corrected chi connectivity index (χ2v) is 5.42. The molecule has 1 saturated carbocycles. The Morgan fingerprint density at radius 3 is 2.62 bits per heavy atom. The third kappa shape index (κ3) is 1.08. The minimum Gasteiger partial charge on any atom is -0.316 e. The highest BCUT2D eigenvalue weighted by molar-refractivity contribution is 5.05. The van der Waals surface area contributed by atoms with Gasteiger partial charge in [-0.3, -0.25) is 0 Å². The van der Waals surface area contributed by atoms with Crippen LogP contribution in [-0.2, 0) is 0 Å². The molecule has 1 N–H and O–H groups in total. The molecule has 3 aliphatic rings. The van der Waals surface area contributed by atoms with Gasteiger partial charge in [0.05, 0.1) is 0 Å². The molecular formula is C11H20N2. The van der Waals surface area contributed by atoms with E-state index in [-0.39, 0.29) is 0 Å². The predicted molar refractivity (Wildman–Crippen MR) is 53.6 cm³/mol. The van der Waals surface area contributed by atoms with Crippen LogP contribution >= 0.6 is 0 Å². The fraction of sp³-hybridized carbons (Fsp3) is 1.00. The molecule has 2 aliphatic heterocycles. The number of hydrogen-bond donors (Lipinski definition) is 1. The second kappa shape index (κ2) is 2.71. The molecule has 0 radical (unpaired) electrons. The Balaban J connectivity index is 1.65. The summed E-state index contributed by atoms with van der Waals surface area (Å²) in [6.07, 6.45) is 4.48. The van der Waals surface area contributed by atoms with Crippen molar-refractivity contribution in [1.29, 1.82) is 0 Å². The zero-order valence-electron chi connectivity index (χ0n) is 8.55.